The maximum atomic E-state index is 11.3. The van der Waals surface area contributed by atoms with Crippen LogP contribution >= 0.6 is 27.5 Å². The molecule has 2 rings (SSSR count). The third-order valence-electron chi connectivity index (χ3n) is 3.53. The van der Waals surface area contributed by atoms with E-state index < -0.39 is 0 Å². The Bertz CT molecular complexity index is 459. The number of rotatable bonds is 3. The number of nitrogens with zero attached hydrogens (tertiary/aromatic N) is 1. The highest BCUT2D eigenvalue weighted by atomic mass is 79.9. The molecule has 1 fully saturated rings. The number of hydrogen-bond donors (Lipinski definition) is 1. The molecule has 0 bridgehead atoms. The molecule has 0 spiro atoms. The monoisotopic (exact) mass is 344 g/mol. The second-order valence-corrected chi connectivity index (χ2v) is 6.19. The highest BCUT2D eigenvalue weighted by Gasteiger charge is 2.20. The summed E-state index contributed by atoms with van der Waals surface area (Å²) in [6.45, 7) is 4.14. The lowest BCUT2D eigenvalue weighted by Crippen LogP contribution is -2.43. The Morgan fingerprint density at radius 1 is 1.47 bits per heavy atom. The number of carbonyl (C=O) groups is 1. The zero-order valence-electron chi connectivity index (χ0n) is 11.0. The van der Waals surface area contributed by atoms with Gasteiger partial charge in [0.1, 0.15) is 0 Å². The van der Waals surface area contributed by atoms with Crippen LogP contribution in [0.2, 0.25) is 5.02 Å². The first kappa shape index (κ1) is 14.8. The molecule has 0 aliphatic carbocycles. The van der Waals surface area contributed by atoms with Crippen molar-refractivity contribution in [3.05, 3.63) is 33.3 Å². The van der Waals surface area contributed by atoms with Gasteiger partial charge in [0, 0.05) is 42.1 Å². The van der Waals surface area contributed by atoms with E-state index in [9.17, 15) is 4.79 Å². The molecule has 5 heteroatoms. The number of amides is 1. The lowest BCUT2D eigenvalue weighted by molar-refractivity contribution is -0.129. The summed E-state index contributed by atoms with van der Waals surface area (Å²) in [6, 6.07) is 6.29. The lowest BCUT2D eigenvalue weighted by Gasteiger charge is -2.31. The predicted molar refractivity (Wildman–Crippen MR) is 81.3 cm³/mol. The molecule has 1 amide bonds. The third kappa shape index (κ3) is 4.20. The third-order valence-corrected chi connectivity index (χ3v) is 4.54. The van der Waals surface area contributed by atoms with Gasteiger partial charge in [0.25, 0.3) is 0 Å². The molecule has 0 saturated carbocycles. The van der Waals surface area contributed by atoms with E-state index in [4.69, 9.17) is 11.6 Å². The summed E-state index contributed by atoms with van der Waals surface area (Å²) < 4.78 is 1.07. The molecule has 19 heavy (non-hydrogen) atoms. The van der Waals surface area contributed by atoms with Crippen LogP contribution in [0, 0.1) is 0 Å². The van der Waals surface area contributed by atoms with Gasteiger partial charge in [0.2, 0.25) is 5.91 Å². The highest BCUT2D eigenvalue weighted by Crippen LogP contribution is 2.21. The molecule has 0 atom stereocenters. The quantitative estimate of drug-likeness (QED) is 0.912. The second kappa shape index (κ2) is 6.73. The van der Waals surface area contributed by atoms with Crippen LogP contribution in [0.4, 0.5) is 0 Å². The van der Waals surface area contributed by atoms with Gasteiger partial charge in [-0.3, -0.25) is 4.79 Å². The fourth-order valence-corrected chi connectivity index (χ4v) is 2.91. The van der Waals surface area contributed by atoms with Crippen molar-refractivity contribution in [1.82, 2.24) is 10.2 Å². The van der Waals surface area contributed by atoms with Crippen molar-refractivity contribution in [3.8, 4) is 0 Å². The van der Waals surface area contributed by atoms with Crippen molar-refractivity contribution in [2.45, 2.75) is 32.4 Å². The second-order valence-electron chi connectivity index (χ2n) is 4.90. The molecule has 0 radical (unpaired) electrons. The molecule has 1 aromatic rings. The van der Waals surface area contributed by atoms with Crippen LogP contribution in [-0.4, -0.2) is 29.9 Å². The van der Waals surface area contributed by atoms with Crippen molar-refractivity contribution in [1.29, 1.82) is 0 Å². The summed E-state index contributed by atoms with van der Waals surface area (Å²) in [6.07, 6.45) is 2.02. The molecule has 0 aromatic heterocycles. The number of hydrogen-bond acceptors (Lipinski definition) is 2. The van der Waals surface area contributed by atoms with Gasteiger partial charge in [-0.1, -0.05) is 27.5 Å². The minimum Gasteiger partial charge on any atom is -0.343 e. The van der Waals surface area contributed by atoms with Crippen molar-refractivity contribution in [3.63, 3.8) is 0 Å². The van der Waals surface area contributed by atoms with Crippen molar-refractivity contribution in [2.24, 2.45) is 0 Å². The Balaban J connectivity index is 1.83. The molecule has 1 N–H and O–H groups in total. The molecule has 1 heterocycles. The van der Waals surface area contributed by atoms with E-state index in [1.54, 1.807) is 6.92 Å². The van der Waals surface area contributed by atoms with Crippen LogP contribution in [0.15, 0.2) is 22.7 Å². The van der Waals surface area contributed by atoms with Crippen LogP contribution in [0.3, 0.4) is 0 Å². The molecular weight excluding hydrogens is 328 g/mol. The van der Waals surface area contributed by atoms with Crippen molar-refractivity contribution < 1.29 is 4.79 Å². The fraction of sp³-hybridized carbons (Fsp3) is 0.500. The fourth-order valence-electron chi connectivity index (χ4n) is 2.33. The zero-order chi connectivity index (χ0) is 13.8. The van der Waals surface area contributed by atoms with E-state index in [0.29, 0.717) is 6.04 Å². The zero-order valence-corrected chi connectivity index (χ0v) is 13.3. The van der Waals surface area contributed by atoms with Gasteiger partial charge < -0.3 is 10.2 Å². The van der Waals surface area contributed by atoms with Crippen LogP contribution in [0.5, 0.6) is 0 Å². The van der Waals surface area contributed by atoms with Gasteiger partial charge in [-0.2, -0.15) is 0 Å². The number of carbonyl (C=O) groups excluding carboxylic acids is 1. The van der Waals surface area contributed by atoms with E-state index in [1.165, 1.54) is 5.56 Å². The summed E-state index contributed by atoms with van der Waals surface area (Å²) in [7, 11) is 0. The van der Waals surface area contributed by atoms with Crippen LogP contribution < -0.4 is 5.32 Å². The molecule has 3 nitrogen and oxygen atoms in total. The summed E-state index contributed by atoms with van der Waals surface area (Å²) >= 11 is 9.53. The first-order valence-electron chi connectivity index (χ1n) is 6.49. The van der Waals surface area contributed by atoms with E-state index in [2.05, 4.69) is 21.2 Å². The van der Waals surface area contributed by atoms with Crippen LogP contribution in [-0.2, 0) is 11.3 Å². The van der Waals surface area contributed by atoms with Gasteiger partial charge >= 0.3 is 0 Å². The van der Waals surface area contributed by atoms with Crippen LogP contribution in [0.25, 0.3) is 0 Å². The molecule has 1 aliphatic heterocycles. The minimum absolute atomic E-state index is 0.177. The van der Waals surface area contributed by atoms with E-state index >= 15 is 0 Å². The minimum atomic E-state index is 0.177. The Hall–Kier alpha value is -0.580. The largest absolute Gasteiger partial charge is 0.343 e. The lowest BCUT2D eigenvalue weighted by atomic mass is 10.0. The number of benzene rings is 1. The number of piperidine rings is 1. The molecular formula is C14H18BrClN2O. The number of halogens is 2. The van der Waals surface area contributed by atoms with Gasteiger partial charge in [-0.15, -0.1) is 0 Å². The molecule has 104 valence electrons. The van der Waals surface area contributed by atoms with Gasteiger partial charge in [0.15, 0.2) is 0 Å². The first-order valence-corrected chi connectivity index (χ1v) is 7.66. The van der Waals surface area contributed by atoms with Gasteiger partial charge in [0.05, 0.1) is 0 Å². The normalized spacial score (nSPS) is 16.7. The smallest absolute Gasteiger partial charge is 0.219 e. The molecule has 1 aromatic carbocycles. The summed E-state index contributed by atoms with van der Waals surface area (Å²) in [5.41, 5.74) is 1.17. The van der Waals surface area contributed by atoms with Crippen molar-refractivity contribution in [2.75, 3.05) is 13.1 Å². The summed E-state index contributed by atoms with van der Waals surface area (Å²) in [5.74, 6) is 0.177. The Kier molecular flexibility index (Phi) is 5.25. The Labute approximate surface area is 127 Å². The first-order chi connectivity index (χ1) is 9.06. The average Bonchev–Trinajstić information content (AvgIpc) is 2.40. The standard InChI is InChI=1S/C14H18BrClN2O/c1-10(19)18-6-4-13(5-7-18)17-9-11-8-12(16)2-3-14(11)15/h2-3,8,13,17H,4-7,9H2,1H3. The van der Waals surface area contributed by atoms with E-state index in [1.807, 2.05) is 23.1 Å². The van der Waals surface area contributed by atoms with E-state index in [-0.39, 0.29) is 5.91 Å². The summed E-state index contributed by atoms with van der Waals surface area (Å²) in [4.78, 5) is 13.2. The molecule has 1 saturated heterocycles. The number of nitrogens with one attached hydrogen (secondary N) is 1. The maximum Gasteiger partial charge on any atom is 0.219 e. The Morgan fingerprint density at radius 3 is 2.79 bits per heavy atom. The molecule has 0 unspecified atom stereocenters. The average molecular weight is 346 g/mol. The topological polar surface area (TPSA) is 32.3 Å². The van der Waals surface area contributed by atoms with Crippen LogP contribution in [0.1, 0.15) is 25.3 Å². The SMILES string of the molecule is CC(=O)N1CCC(NCc2cc(Cl)ccc2Br)CC1. The summed E-state index contributed by atoms with van der Waals surface area (Å²) in [5, 5.41) is 4.29. The van der Waals surface area contributed by atoms with E-state index in [0.717, 1.165) is 42.0 Å². The highest BCUT2D eigenvalue weighted by molar-refractivity contribution is 9.10. The number of likely N-dealkylation sites (tertiary alicyclic amines) is 1. The van der Waals surface area contributed by atoms with Gasteiger partial charge in [-0.25, -0.2) is 0 Å². The molecule has 1 aliphatic rings. The maximum absolute atomic E-state index is 11.3. The van der Waals surface area contributed by atoms with Gasteiger partial charge in [-0.05, 0) is 36.6 Å². The van der Waals surface area contributed by atoms with Crippen molar-refractivity contribution >= 4 is 33.4 Å². The Morgan fingerprint density at radius 2 is 2.16 bits per heavy atom. The predicted octanol–water partition coefficient (Wildman–Crippen LogP) is 3.20.